The second-order valence-corrected chi connectivity index (χ2v) is 5.18. The van der Waals surface area contributed by atoms with E-state index >= 15 is 0 Å². The van der Waals surface area contributed by atoms with E-state index in [1.54, 1.807) is 0 Å². The van der Waals surface area contributed by atoms with E-state index in [1.165, 1.54) is 31.4 Å². The number of benzene rings is 2. The van der Waals surface area contributed by atoms with E-state index in [-0.39, 0.29) is 35.7 Å². The summed E-state index contributed by atoms with van der Waals surface area (Å²) in [6, 6.07) is 7.47. The molecule has 0 radical (unpaired) electrons. The number of nitrogens with zero attached hydrogens (tertiary/aromatic N) is 1. The number of nitro groups is 1. The van der Waals surface area contributed by atoms with E-state index in [1.807, 2.05) is 0 Å². The normalized spacial score (nSPS) is 10.3. The molecule has 0 aliphatic carbocycles. The monoisotopic (exact) mass is 366 g/mol. The molecule has 1 N–H and O–H groups in total. The van der Waals surface area contributed by atoms with Crippen LogP contribution in [0.5, 0.6) is 11.5 Å². The van der Waals surface area contributed by atoms with Crippen molar-refractivity contribution in [1.29, 1.82) is 0 Å². The summed E-state index contributed by atoms with van der Waals surface area (Å²) in [6.07, 6.45) is -0.0348. The van der Waals surface area contributed by atoms with Crippen LogP contribution in [0.4, 0.5) is 14.5 Å². The van der Waals surface area contributed by atoms with Crippen molar-refractivity contribution in [1.82, 2.24) is 5.32 Å². The Labute approximate surface area is 147 Å². The Morgan fingerprint density at radius 1 is 1.23 bits per heavy atom. The molecule has 2 aromatic carbocycles. The van der Waals surface area contributed by atoms with Crippen LogP contribution in [-0.2, 0) is 11.2 Å². The van der Waals surface area contributed by atoms with Gasteiger partial charge in [-0.05, 0) is 30.7 Å². The maximum absolute atomic E-state index is 13.5. The molecule has 7 nitrogen and oxygen atoms in total. The molecule has 0 unspecified atom stereocenters. The average Bonchev–Trinajstić information content (AvgIpc) is 2.62. The highest BCUT2D eigenvalue weighted by Crippen LogP contribution is 2.30. The summed E-state index contributed by atoms with van der Waals surface area (Å²) in [4.78, 5) is 22.1. The lowest BCUT2D eigenvalue weighted by molar-refractivity contribution is -0.385. The minimum absolute atomic E-state index is 0.00917. The summed E-state index contributed by atoms with van der Waals surface area (Å²) in [6.45, 7) is -0.488. The van der Waals surface area contributed by atoms with Gasteiger partial charge in [0.1, 0.15) is 17.4 Å². The summed E-state index contributed by atoms with van der Waals surface area (Å²) in [7, 11) is 1.37. The molecule has 0 aliphatic heterocycles. The van der Waals surface area contributed by atoms with Gasteiger partial charge < -0.3 is 14.8 Å². The first-order valence-electron chi connectivity index (χ1n) is 7.57. The van der Waals surface area contributed by atoms with Crippen LogP contribution in [0.3, 0.4) is 0 Å². The summed E-state index contributed by atoms with van der Waals surface area (Å²) in [5.74, 6) is -1.77. The maximum atomic E-state index is 13.5. The smallest absolute Gasteiger partial charge is 0.314 e. The minimum atomic E-state index is -0.690. The van der Waals surface area contributed by atoms with E-state index < -0.39 is 29.1 Å². The third kappa shape index (κ3) is 4.88. The van der Waals surface area contributed by atoms with Gasteiger partial charge in [-0.3, -0.25) is 14.9 Å². The number of methoxy groups -OCH3 is 1. The van der Waals surface area contributed by atoms with Gasteiger partial charge in [0.25, 0.3) is 5.91 Å². The molecule has 0 bridgehead atoms. The molecule has 0 saturated heterocycles. The average molecular weight is 366 g/mol. The zero-order chi connectivity index (χ0) is 19.1. The van der Waals surface area contributed by atoms with Crippen molar-refractivity contribution in [3.63, 3.8) is 0 Å². The molecule has 0 atom stereocenters. The van der Waals surface area contributed by atoms with Gasteiger partial charge >= 0.3 is 5.69 Å². The zero-order valence-electron chi connectivity index (χ0n) is 13.8. The number of amides is 1. The lowest BCUT2D eigenvalue weighted by Crippen LogP contribution is -2.31. The molecule has 0 aliphatic rings. The third-order valence-corrected chi connectivity index (χ3v) is 3.48. The fraction of sp³-hybridized carbons (Fsp3) is 0.235. The number of hydrogen-bond donors (Lipinski definition) is 1. The largest absolute Gasteiger partial charge is 0.496 e. The standard InChI is InChI=1S/C17H16F2N2O5/c1-25-11-5-6-16(15(9-11)21(23)24)26-10-17(22)20-8-7-12-13(18)3-2-4-14(12)19/h2-6,9H,7-8,10H2,1H3,(H,20,22). The number of rotatable bonds is 8. The number of nitro benzene ring substituents is 1. The SMILES string of the molecule is COc1ccc(OCC(=O)NCCc2c(F)cccc2F)c([N+](=O)[O-])c1. The van der Waals surface area contributed by atoms with Crippen LogP contribution in [-0.4, -0.2) is 31.1 Å². The third-order valence-electron chi connectivity index (χ3n) is 3.48. The van der Waals surface area contributed by atoms with E-state index in [4.69, 9.17) is 9.47 Å². The fourth-order valence-electron chi connectivity index (χ4n) is 2.18. The van der Waals surface area contributed by atoms with Crippen LogP contribution >= 0.6 is 0 Å². The highest BCUT2D eigenvalue weighted by molar-refractivity contribution is 5.77. The second-order valence-electron chi connectivity index (χ2n) is 5.18. The van der Waals surface area contributed by atoms with Gasteiger partial charge in [-0.2, -0.15) is 0 Å². The molecule has 0 aromatic heterocycles. The Morgan fingerprint density at radius 2 is 1.92 bits per heavy atom. The van der Waals surface area contributed by atoms with Gasteiger partial charge in [0.15, 0.2) is 12.4 Å². The minimum Gasteiger partial charge on any atom is -0.496 e. The van der Waals surface area contributed by atoms with Crippen molar-refractivity contribution < 1.29 is 28.0 Å². The Hall–Kier alpha value is -3.23. The van der Waals surface area contributed by atoms with Gasteiger partial charge in [-0.15, -0.1) is 0 Å². The molecular weight excluding hydrogens is 350 g/mol. The zero-order valence-corrected chi connectivity index (χ0v) is 13.8. The molecule has 26 heavy (non-hydrogen) atoms. The highest BCUT2D eigenvalue weighted by Gasteiger charge is 2.17. The van der Waals surface area contributed by atoms with Crippen LogP contribution in [0.1, 0.15) is 5.56 Å². The van der Waals surface area contributed by atoms with E-state index in [2.05, 4.69) is 5.32 Å². The van der Waals surface area contributed by atoms with Crippen LogP contribution in [0.15, 0.2) is 36.4 Å². The van der Waals surface area contributed by atoms with Crippen molar-refractivity contribution in [3.8, 4) is 11.5 Å². The Bertz CT molecular complexity index is 793. The van der Waals surface area contributed by atoms with Crippen LogP contribution < -0.4 is 14.8 Å². The summed E-state index contributed by atoms with van der Waals surface area (Å²) < 4.78 is 37.0. The van der Waals surface area contributed by atoms with Crippen molar-refractivity contribution in [3.05, 3.63) is 63.7 Å². The first-order chi connectivity index (χ1) is 12.4. The summed E-state index contributed by atoms with van der Waals surface area (Å²) in [5, 5.41) is 13.5. The molecule has 0 spiro atoms. The molecule has 138 valence electrons. The van der Waals surface area contributed by atoms with Gasteiger partial charge in [-0.1, -0.05) is 6.07 Å². The van der Waals surface area contributed by atoms with Gasteiger partial charge in [0, 0.05) is 12.1 Å². The van der Waals surface area contributed by atoms with E-state index in [9.17, 15) is 23.7 Å². The van der Waals surface area contributed by atoms with Crippen molar-refractivity contribution in [2.24, 2.45) is 0 Å². The summed E-state index contributed by atoms with van der Waals surface area (Å²) >= 11 is 0. The summed E-state index contributed by atoms with van der Waals surface area (Å²) in [5.41, 5.74) is -0.468. The molecule has 2 rings (SSSR count). The Morgan fingerprint density at radius 3 is 2.54 bits per heavy atom. The Kier molecular flexibility index (Phi) is 6.42. The maximum Gasteiger partial charge on any atom is 0.314 e. The predicted molar refractivity (Wildman–Crippen MR) is 88.2 cm³/mol. The number of carbonyl (C=O) groups excluding carboxylic acids is 1. The molecule has 2 aromatic rings. The van der Waals surface area contributed by atoms with Gasteiger partial charge in [0.2, 0.25) is 0 Å². The van der Waals surface area contributed by atoms with Crippen molar-refractivity contribution >= 4 is 11.6 Å². The van der Waals surface area contributed by atoms with Crippen molar-refractivity contribution in [2.45, 2.75) is 6.42 Å². The van der Waals surface area contributed by atoms with Crippen molar-refractivity contribution in [2.75, 3.05) is 20.3 Å². The molecule has 0 heterocycles. The molecular formula is C17H16F2N2O5. The number of ether oxygens (including phenoxy) is 2. The highest BCUT2D eigenvalue weighted by atomic mass is 19.1. The number of carbonyl (C=O) groups is 1. The topological polar surface area (TPSA) is 90.7 Å². The molecule has 0 saturated carbocycles. The second kappa shape index (κ2) is 8.75. The fourth-order valence-corrected chi connectivity index (χ4v) is 2.18. The molecule has 9 heteroatoms. The van der Waals surface area contributed by atoms with Gasteiger partial charge in [0.05, 0.1) is 18.1 Å². The van der Waals surface area contributed by atoms with E-state index in [0.717, 1.165) is 12.1 Å². The number of nitrogens with one attached hydrogen (secondary N) is 1. The predicted octanol–water partition coefficient (Wildman–Crippen LogP) is 2.62. The molecule has 1 amide bonds. The van der Waals surface area contributed by atoms with Crippen LogP contribution in [0.2, 0.25) is 0 Å². The van der Waals surface area contributed by atoms with Crippen LogP contribution in [0.25, 0.3) is 0 Å². The Balaban J connectivity index is 1.88. The number of hydrogen-bond acceptors (Lipinski definition) is 5. The molecule has 0 fully saturated rings. The van der Waals surface area contributed by atoms with Crippen LogP contribution in [0, 0.1) is 21.7 Å². The lowest BCUT2D eigenvalue weighted by Gasteiger charge is -2.09. The number of halogens is 2. The first-order valence-corrected chi connectivity index (χ1v) is 7.57. The lowest BCUT2D eigenvalue weighted by atomic mass is 10.1. The quantitative estimate of drug-likeness (QED) is 0.573. The van der Waals surface area contributed by atoms with E-state index in [0.29, 0.717) is 0 Å². The first kappa shape index (κ1) is 19.1. The van der Waals surface area contributed by atoms with Gasteiger partial charge in [-0.25, -0.2) is 8.78 Å².